The first-order valence-corrected chi connectivity index (χ1v) is 10.5. The van der Waals surface area contributed by atoms with Gasteiger partial charge < -0.3 is 4.74 Å². The van der Waals surface area contributed by atoms with Gasteiger partial charge in [0.05, 0.1) is 5.04 Å². The molecule has 0 saturated carbocycles. The Morgan fingerprint density at radius 3 is 2.13 bits per heavy atom. The second-order valence-corrected chi connectivity index (χ2v) is 6.54. The average molecular weight is 345 g/mol. The van der Waals surface area contributed by atoms with E-state index >= 15 is 0 Å². The Hall–Kier alpha value is -0.350. The molecule has 0 unspecified atom stereocenters. The fraction of sp³-hybridized carbons (Fsp3) is 0.895. The van der Waals surface area contributed by atoms with Crippen LogP contribution in [0.3, 0.4) is 0 Å². The summed E-state index contributed by atoms with van der Waals surface area (Å²) in [6.07, 6.45) is 4.66. The van der Waals surface area contributed by atoms with Crippen molar-refractivity contribution in [2.24, 2.45) is 22.0 Å². The summed E-state index contributed by atoms with van der Waals surface area (Å²) in [6.45, 7) is 18.4. The van der Waals surface area contributed by atoms with E-state index in [1.54, 1.807) is 0 Å². The Morgan fingerprint density at radius 2 is 1.65 bits per heavy atom. The van der Waals surface area contributed by atoms with Crippen molar-refractivity contribution in [1.29, 1.82) is 0 Å². The Kier molecular flexibility index (Phi) is 19.5. The molecule has 4 heteroatoms. The van der Waals surface area contributed by atoms with Crippen molar-refractivity contribution in [2.45, 2.75) is 81.1 Å². The maximum atomic E-state index is 5.38. The summed E-state index contributed by atoms with van der Waals surface area (Å²) in [5.74, 6) is 2.18. The molecule has 1 rings (SSSR count). The first-order valence-electron chi connectivity index (χ1n) is 9.47. The van der Waals surface area contributed by atoms with Crippen LogP contribution in [-0.4, -0.2) is 29.7 Å². The van der Waals surface area contributed by atoms with Crippen LogP contribution in [-0.2, 0) is 4.74 Å². The molecule has 1 fully saturated rings. The quantitative estimate of drug-likeness (QED) is 0.241. The summed E-state index contributed by atoms with van der Waals surface area (Å²) >= 11 is 1.86. The van der Waals surface area contributed by atoms with E-state index in [0.29, 0.717) is 11.8 Å². The van der Waals surface area contributed by atoms with Crippen LogP contribution in [0.1, 0.15) is 81.1 Å². The summed E-state index contributed by atoms with van der Waals surface area (Å²) in [5, 5.41) is 10.1. The number of nitrogens with zero attached hydrogens (tertiary/aromatic N) is 2. The molecule has 23 heavy (non-hydrogen) atoms. The normalized spacial score (nSPS) is 16.4. The highest BCUT2D eigenvalue weighted by atomic mass is 32.2. The minimum Gasteiger partial charge on any atom is -0.381 e. The van der Waals surface area contributed by atoms with Gasteiger partial charge in [-0.3, -0.25) is 0 Å². The molecule has 0 N–H and O–H groups in total. The molecular formula is C19H40N2OS. The van der Waals surface area contributed by atoms with Crippen molar-refractivity contribution < 1.29 is 4.74 Å². The molecule has 1 aliphatic rings. The standard InChI is InChI=1S/C15H28N2OS.2C2H6/c1-5-6-11-19-15(12(2)3)17-16-13(4)14-7-9-18-10-8-14;2*1-2/h12,14H,5-11H2,1-4H3;2*1-2H3/b16-13+,17-15+;;. The highest BCUT2D eigenvalue weighted by Gasteiger charge is 2.16. The monoisotopic (exact) mass is 344 g/mol. The van der Waals surface area contributed by atoms with E-state index in [-0.39, 0.29) is 0 Å². The summed E-state index contributed by atoms with van der Waals surface area (Å²) in [7, 11) is 0. The van der Waals surface area contributed by atoms with E-state index in [1.165, 1.54) is 17.9 Å². The number of ether oxygens (including phenoxy) is 1. The van der Waals surface area contributed by atoms with Crippen molar-refractivity contribution >= 4 is 22.5 Å². The molecular weight excluding hydrogens is 304 g/mol. The van der Waals surface area contributed by atoms with Gasteiger partial charge in [-0.1, -0.05) is 54.9 Å². The molecule has 0 bridgehead atoms. The van der Waals surface area contributed by atoms with Crippen LogP contribution < -0.4 is 0 Å². The van der Waals surface area contributed by atoms with E-state index < -0.39 is 0 Å². The van der Waals surface area contributed by atoms with Gasteiger partial charge in [0.15, 0.2) is 0 Å². The number of hydrogen-bond acceptors (Lipinski definition) is 4. The van der Waals surface area contributed by atoms with Gasteiger partial charge in [0.1, 0.15) is 0 Å². The Bertz CT molecular complexity index is 308. The zero-order chi connectivity index (χ0) is 18.1. The predicted molar refractivity (Wildman–Crippen MR) is 109 cm³/mol. The number of unbranched alkanes of at least 4 members (excludes halogenated alkanes) is 1. The van der Waals surface area contributed by atoms with Gasteiger partial charge in [0.2, 0.25) is 0 Å². The van der Waals surface area contributed by atoms with Gasteiger partial charge in [-0.15, -0.1) is 16.9 Å². The zero-order valence-corrected chi connectivity index (χ0v) is 17.6. The van der Waals surface area contributed by atoms with Gasteiger partial charge in [-0.2, -0.15) is 5.10 Å². The fourth-order valence-corrected chi connectivity index (χ4v) is 3.03. The van der Waals surface area contributed by atoms with Gasteiger partial charge >= 0.3 is 0 Å². The van der Waals surface area contributed by atoms with Crippen molar-refractivity contribution in [3.63, 3.8) is 0 Å². The summed E-state index contributed by atoms with van der Waals surface area (Å²) in [6, 6.07) is 0. The van der Waals surface area contributed by atoms with E-state index in [4.69, 9.17) is 4.74 Å². The summed E-state index contributed by atoms with van der Waals surface area (Å²) in [5.41, 5.74) is 1.16. The minimum atomic E-state index is 0.466. The SMILES string of the molecule is CC.CC.CCCCS/C(=N/N=C(\C)C1CCOCC1)C(C)C. The number of rotatable bonds is 6. The molecule has 0 atom stereocenters. The molecule has 0 aromatic carbocycles. The van der Waals surface area contributed by atoms with E-state index in [9.17, 15) is 0 Å². The van der Waals surface area contributed by atoms with Crippen LogP contribution in [0, 0.1) is 11.8 Å². The van der Waals surface area contributed by atoms with Crippen molar-refractivity contribution in [2.75, 3.05) is 19.0 Å². The molecule has 1 aliphatic heterocycles. The van der Waals surface area contributed by atoms with Crippen molar-refractivity contribution in [3.8, 4) is 0 Å². The van der Waals surface area contributed by atoms with Crippen LogP contribution in [0.5, 0.6) is 0 Å². The molecule has 138 valence electrons. The molecule has 1 saturated heterocycles. The van der Waals surface area contributed by atoms with Gasteiger partial charge in [-0.25, -0.2) is 0 Å². The van der Waals surface area contributed by atoms with Crippen LogP contribution >= 0.6 is 11.8 Å². The number of hydrogen-bond donors (Lipinski definition) is 0. The maximum Gasteiger partial charge on any atom is 0.0984 e. The second kappa shape index (κ2) is 18.0. The van der Waals surface area contributed by atoms with Gasteiger partial charge in [0.25, 0.3) is 0 Å². The second-order valence-electron chi connectivity index (χ2n) is 5.42. The molecule has 3 nitrogen and oxygen atoms in total. The predicted octanol–water partition coefficient (Wildman–Crippen LogP) is 6.43. The van der Waals surface area contributed by atoms with Crippen LogP contribution in [0.15, 0.2) is 10.2 Å². The summed E-state index contributed by atoms with van der Waals surface area (Å²) in [4.78, 5) is 0. The molecule has 0 radical (unpaired) electrons. The minimum absolute atomic E-state index is 0.466. The largest absolute Gasteiger partial charge is 0.381 e. The molecule has 1 heterocycles. The third kappa shape index (κ3) is 12.7. The average Bonchev–Trinajstić information content (AvgIpc) is 2.61. The van der Waals surface area contributed by atoms with Crippen molar-refractivity contribution in [3.05, 3.63) is 0 Å². The van der Waals surface area contributed by atoms with E-state index in [2.05, 4.69) is 37.9 Å². The van der Waals surface area contributed by atoms with Crippen LogP contribution in [0.4, 0.5) is 0 Å². The third-order valence-electron chi connectivity index (χ3n) is 3.36. The maximum absolute atomic E-state index is 5.38. The van der Waals surface area contributed by atoms with E-state index in [1.807, 2.05) is 39.5 Å². The lowest BCUT2D eigenvalue weighted by Gasteiger charge is -2.21. The Balaban J connectivity index is 0. The highest BCUT2D eigenvalue weighted by Crippen LogP contribution is 2.18. The lowest BCUT2D eigenvalue weighted by molar-refractivity contribution is 0.0826. The molecule has 0 aromatic heterocycles. The molecule has 0 spiro atoms. The molecule has 0 amide bonds. The highest BCUT2D eigenvalue weighted by molar-refractivity contribution is 8.13. The Labute approximate surface area is 149 Å². The van der Waals surface area contributed by atoms with Crippen LogP contribution in [0.25, 0.3) is 0 Å². The topological polar surface area (TPSA) is 34.0 Å². The Morgan fingerprint density at radius 1 is 1.09 bits per heavy atom. The lowest BCUT2D eigenvalue weighted by Crippen LogP contribution is -2.21. The fourth-order valence-electron chi connectivity index (χ4n) is 1.96. The molecule has 0 aromatic rings. The first kappa shape index (κ1) is 24.9. The first-order chi connectivity index (χ1) is 11.1. The van der Waals surface area contributed by atoms with Crippen LogP contribution in [0.2, 0.25) is 0 Å². The molecule has 0 aliphatic carbocycles. The lowest BCUT2D eigenvalue weighted by atomic mass is 9.96. The zero-order valence-electron chi connectivity index (χ0n) is 16.8. The van der Waals surface area contributed by atoms with Gasteiger partial charge in [-0.05, 0) is 31.9 Å². The van der Waals surface area contributed by atoms with E-state index in [0.717, 1.165) is 37.5 Å². The smallest absolute Gasteiger partial charge is 0.0984 e. The number of thioether (sulfide) groups is 1. The summed E-state index contributed by atoms with van der Waals surface area (Å²) < 4.78 is 5.38. The van der Waals surface area contributed by atoms with Crippen molar-refractivity contribution in [1.82, 2.24) is 0 Å². The van der Waals surface area contributed by atoms with Gasteiger partial charge in [0, 0.05) is 30.8 Å². The third-order valence-corrected chi connectivity index (χ3v) is 4.70.